The first-order valence-electron chi connectivity index (χ1n) is 6.13. The molecule has 2 heterocycles. The van der Waals surface area contributed by atoms with E-state index in [1.807, 2.05) is 25.1 Å². The molecule has 2 aromatic heterocycles. The van der Waals surface area contributed by atoms with Crippen LogP contribution in [0.4, 0.5) is 16.9 Å². The molecule has 102 valence electrons. The number of rotatable bonds is 4. The zero-order chi connectivity index (χ0) is 13.9. The highest BCUT2D eigenvalue weighted by Crippen LogP contribution is 2.30. The van der Waals surface area contributed by atoms with Crippen molar-refractivity contribution in [3.63, 3.8) is 0 Å². The van der Waals surface area contributed by atoms with E-state index in [9.17, 15) is 0 Å². The Labute approximate surface area is 119 Å². The number of anilines is 3. The average molecular weight is 287 g/mol. The molecule has 0 amide bonds. The van der Waals surface area contributed by atoms with Gasteiger partial charge >= 0.3 is 0 Å². The minimum atomic E-state index is 0.231. The van der Waals surface area contributed by atoms with Crippen molar-refractivity contribution < 1.29 is 4.74 Å². The number of nitrogen functional groups attached to an aromatic ring is 1. The molecule has 0 aliphatic heterocycles. The molecule has 3 N–H and O–H groups in total. The highest BCUT2D eigenvalue weighted by molar-refractivity contribution is 7.22. The lowest BCUT2D eigenvalue weighted by Crippen LogP contribution is -1.98. The maximum Gasteiger partial charge on any atom is 0.221 e. The summed E-state index contributed by atoms with van der Waals surface area (Å²) in [6.45, 7) is 2.61. The van der Waals surface area contributed by atoms with Crippen molar-refractivity contribution in [2.75, 3.05) is 17.7 Å². The molecule has 0 atom stereocenters. The average Bonchev–Trinajstić information content (AvgIpc) is 2.80. The van der Waals surface area contributed by atoms with Crippen LogP contribution in [-0.2, 0) is 0 Å². The smallest absolute Gasteiger partial charge is 0.221 e. The van der Waals surface area contributed by atoms with Gasteiger partial charge in [0.05, 0.1) is 16.8 Å². The third-order valence-corrected chi connectivity index (χ3v) is 3.51. The molecule has 1 aromatic carbocycles. The number of fused-ring (bicyclic) bond motifs is 1. The lowest BCUT2D eigenvalue weighted by atomic mass is 10.3. The van der Waals surface area contributed by atoms with E-state index in [-0.39, 0.29) is 5.95 Å². The first kappa shape index (κ1) is 12.6. The van der Waals surface area contributed by atoms with Crippen LogP contribution < -0.4 is 15.8 Å². The number of nitrogens with two attached hydrogens (primary N) is 1. The number of hydrogen-bond donors (Lipinski definition) is 2. The van der Waals surface area contributed by atoms with E-state index in [0.717, 1.165) is 21.1 Å². The number of nitrogens with one attached hydrogen (secondary N) is 1. The van der Waals surface area contributed by atoms with Gasteiger partial charge in [-0.2, -0.15) is 4.98 Å². The fourth-order valence-corrected chi connectivity index (χ4v) is 2.67. The third kappa shape index (κ3) is 2.62. The van der Waals surface area contributed by atoms with E-state index < -0.39 is 0 Å². The molecule has 0 radical (unpaired) electrons. The van der Waals surface area contributed by atoms with Crippen molar-refractivity contribution in [1.82, 2.24) is 15.0 Å². The number of thiazole rings is 1. The third-order valence-electron chi connectivity index (χ3n) is 2.58. The molecular weight excluding hydrogens is 274 g/mol. The summed E-state index contributed by atoms with van der Waals surface area (Å²) in [5.41, 5.74) is 6.46. The summed E-state index contributed by atoms with van der Waals surface area (Å²) in [5.74, 6) is 1.71. The van der Waals surface area contributed by atoms with Crippen LogP contribution >= 0.6 is 11.3 Å². The molecule has 0 spiro atoms. The molecule has 20 heavy (non-hydrogen) atoms. The lowest BCUT2D eigenvalue weighted by molar-refractivity contribution is 0.341. The van der Waals surface area contributed by atoms with Gasteiger partial charge in [0.15, 0.2) is 5.13 Å². The minimum absolute atomic E-state index is 0.231. The van der Waals surface area contributed by atoms with E-state index in [0.29, 0.717) is 12.4 Å². The molecule has 6 nitrogen and oxygen atoms in total. The predicted molar refractivity (Wildman–Crippen MR) is 80.5 cm³/mol. The van der Waals surface area contributed by atoms with Crippen LogP contribution in [0.5, 0.6) is 5.75 Å². The molecule has 0 aliphatic rings. The molecule has 0 bridgehead atoms. The van der Waals surface area contributed by atoms with Gasteiger partial charge in [0.25, 0.3) is 0 Å². The summed E-state index contributed by atoms with van der Waals surface area (Å²) in [6.07, 6.45) is 1.60. The topological polar surface area (TPSA) is 86.0 Å². The summed E-state index contributed by atoms with van der Waals surface area (Å²) < 4.78 is 6.53. The second-order valence-corrected chi connectivity index (χ2v) is 5.04. The zero-order valence-corrected chi connectivity index (χ0v) is 11.6. The van der Waals surface area contributed by atoms with Gasteiger partial charge in [-0.3, -0.25) is 0 Å². The first-order chi connectivity index (χ1) is 9.74. The van der Waals surface area contributed by atoms with Crippen molar-refractivity contribution in [2.24, 2.45) is 0 Å². The van der Waals surface area contributed by atoms with Crippen LogP contribution in [0.25, 0.3) is 10.2 Å². The first-order valence-corrected chi connectivity index (χ1v) is 6.95. The fourth-order valence-electron chi connectivity index (χ4n) is 1.77. The number of ether oxygens (including phenoxy) is 1. The Hall–Kier alpha value is -2.41. The highest BCUT2D eigenvalue weighted by atomic mass is 32.1. The van der Waals surface area contributed by atoms with Gasteiger partial charge in [0, 0.05) is 6.20 Å². The van der Waals surface area contributed by atoms with Gasteiger partial charge in [-0.05, 0) is 31.2 Å². The normalized spacial score (nSPS) is 10.7. The van der Waals surface area contributed by atoms with Crippen LogP contribution in [0.2, 0.25) is 0 Å². The molecule has 0 aliphatic carbocycles. The number of nitrogens with zero attached hydrogens (tertiary/aromatic N) is 3. The molecule has 7 heteroatoms. The van der Waals surface area contributed by atoms with Gasteiger partial charge in [-0.15, -0.1) is 0 Å². The van der Waals surface area contributed by atoms with Crippen molar-refractivity contribution >= 4 is 38.5 Å². The van der Waals surface area contributed by atoms with Crippen molar-refractivity contribution in [3.8, 4) is 5.75 Å². The van der Waals surface area contributed by atoms with E-state index in [4.69, 9.17) is 10.5 Å². The van der Waals surface area contributed by atoms with Crippen LogP contribution in [0.15, 0.2) is 30.5 Å². The Morgan fingerprint density at radius 1 is 1.30 bits per heavy atom. The van der Waals surface area contributed by atoms with Gasteiger partial charge in [-0.25, -0.2) is 9.97 Å². The SMILES string of the molecule is CCOc1ccc2nc(Nc3ccnc(N)n3)sc2c1. The second-order valence-electron chi connectivity index (χ2n) is 4.01. The summed E-state index contributed by atoms with van der Waals surface area (Å²) >= 11 is 1.53. The van der Waals surface area contributed by atoms with Crippen LogP contribution in [0, 0.1) is 0 Å². The summed E-state index contributed by atoms with van der Waals surface area (Å²) in [5, 5.41) is 3.88. The van der Waals surface area contributed by atoms with Crippen molar-refractivity contribution in [2.45, 2.75) is 6.92 Å². The van der Waals surface area contributed by atoms with E-state index in [2.05, 4.69) is 20.3 Å². The maximum atomic E-state index is 5.54. The Morgan fingerprint density at radius 3 is 3.00 bits per heavy atom. The largest absolute Gasteiger partial charge is 0.494 e. The van der Waals surface area contributed by atoms with E-state index in [1.165, 1.54) is 11.3 Å². The fraction of sp³-hybridized carbons (Fsp3) is 0.154. The summed E-state index contributed by atoms with van der Waals surface area (Å²) in [4.78, 5) is 12.4. The Balaban J connectivity index is 1.89. The van der Waals surface area contributed by atoms with Crippen LogP contribution in [-0.4, -0.2) is 21.6 Å². The quantitative estimate of drug-likeness (QED) is 0.767. The Morgan fingerprint density at radius 2 is 2.20 bits per heavy atom. The van der Waals surface area contributed by atoms with Gasteiger partial charge in [0.2, 0.25) is 5.95 Å². The Bertz CT molecular complexity index is 742. The number of benzene rings is 1. The number of aromatic nitrogens is 3. The molecule has 0 saturated heterocycles. The molecular formula is C13H13N5OS. The standard InChI is InChI=1S/C13H13N5OS/c1-2-19-8-3-4-9-10(7-8)20-13(16-9)18-11-5-6-15-12(14)17-11/h3-7H,2H2,1H3,(H3,14,15,16,17,18). The van der Waals surface area contributed by atoms with E-state index in [1.54, 1.807) is 12.3 Å². The molecule has 3 aromatic rings. The van der Waals surface area contributed by atoms with Gasteiger partial charge in [0.1, 0.15) is 11.6 Å². The molecule has 0 unspecified atom stereocenters. The van der Waals surface area contributed by atoms with Crippen LogP contribution in [0.3, 0.4) is 0 Å². The zero-order valence-electron chi connectivity index (χ0n) is 10.8. The van der Waals surface area contributed by atoms with Crippen molar-refractivity contribution in [3.05, 3.63) is 30.5 Å². The maximum absolute atomic E-state index is 5.54. The number of hydrogen-bond acceptors (Lipinski definition) is 7. The summed E-state index contributed by atoms with van der Waals surface area (Å²) in [7, 11) is 0. The van der Waals surface area contributed by atoms with Gasteiger partial charge in [-0.1, -0.05) is 11.3 Å². The lowest BCUT2D eigenvalue weighted by Gasteiger charge is -2.00. The monoisotopic (exact) mass is 287 g/mol. The second kappa shape index (κ2) is 5.30. The Kier molecular flexibility index (Phi) is 3.34. The summed E-state index contributed by atoms with van der Waals surface area (Å²) in [6, 6.07) is 7.58. The highest BCUT2D eigenvalue weighted by Gasteiger charge is 2.06. The minimum Gasteiger partial charge on any atom is -0.494 e. The van der Waals surface area contributed by atoms with Gasteiger partial charge < -0.3 is 15.8 Å². The van der Waals surface area contributed by atoms with Crippen molar-refractivity contribution in [1.29, 1.82) is 0 Å². The predicted octanol–water partition coefficient (Wildman–Crippen LogP) is 2.81. The van der Waals surface area contributed by atoms with Crippen LogP contribution in [0.1, 0.15) is 6.92 Å². The molecule has 0 fully saturated rings. The van der Waals surface area contributed by atoms with E-state index >= 15 is 0 Å². The molecule has 0 saturated carbocycles. The molecule has 3 rings (SSSR count).